The molecule has 0 atom stereocenters. The summed E-state index contributed by atoms with van der Waals surface area (Å²) in [6, 6.07) is 14.5. The molecule has 3 aromatic heterocycles. The number of carbonyl (C=O) groups excluding carboxylic acids is 1. The Morgan fingerprint density at radius 2 is 2.00 bits per heavy atom. The standard InChI is InChI=1S/C20H11BrN4O4S2/c21-11-5-6-13-15(8-11)31-19(22-13)23-16(26)9-30-20-25-24-17(29-20)12-7-10-3-1-2-4-14(10)28-18(12)27/h1-8H,9H2,(H,22,23,26). The first-order chi connectivity index (χ1) is 15.0. The lowest BCUT2D eigenvalue weighted by molar-refractivity contribution is -0.113. The molecule has 0 unspecified atom stereocenters. The molecule has 0 spiro atoms. The molecule has 5 rings (SSSR count). The Balaban J connectivity index is 1.27. The van der Waals surface area contributed by atoms with Crippen LogP contribution in [0.2, 0.25) is 0 Å². The number of carbonyl (C=O) groups is 1. The van der Waals surface area contributed by atoms with Crippen LogP contribution in [0.5, 0.6) is 0 Å². The number of amides is 1. The smallest absolute Gasteiger partial charge is 0.349 e. The summed E-state index contributed by atoms with van der Waals surface area (Å²) in [6.07, 6.45) is 0. The van der Waals surface area contributed by atoms with E-state index in [0.717, 1.165) is 31.8 Å². The van der Waals surface area contributed by atoms with Crippen LogP contribution >= 0.6 is 39.0 Å². The van der Waals surface area contributed by atoms with Gasteiger partial charge in [-0.2, -0.15) is 0 Å². The van der Waals surface area contributed by atoms with Gasteiger partial charge >= 0.3 is 5.63 Å². The second-order valence-electron chi connectivity index (χ2n) is 6.33. The fraction of sp³-hybridized carbons (Fsp3) is 0.0500. The summed E-state index contributed by atoms with van der Waals surface area (Å²) in [5, 5.41) is 12.0. The molecule has 1 amide bonds. The van der Waals surface area contributed by atoms with Gasteiger partial charge in [-0.15, -0.1) is 10.2 Å². The van der Waals surface area contributed by atoms with Crippen molar-refractivity contribution < 1.29 is 13.6 Å². The molecular formula is C20H11BrN4O4S2. The van der Waals surface area contributed by atoms with Crippen molar-refractivity contribution in [3.05, 3.63) is 63.4 Å². The molecule has 8 nitrogen and oxygen atoms in total. The Morgan fingerprint density at radius 1 is 1.13 bits per heavy atom. The maximum absolute atomic E-state index is 12.3. The summed E-state index contributed by atoms with van der Waals surface area (Å²) < 4.78 is 12.7. The summed E-state index contributed by atoms with van der Waals surface area (Å²) in [6.45, 7) is 0. The molecule has 0 aliphatic heterocycles. The van der Waals surface area contributed by atoms with Crippen LogP contribution in [0.1, 0.15) is 0 Å². The number of halogens is 1. The quantitative estimate of drug-likeness (QED) is 0.259. The zero-order valence-electron chi connectivity index (χ0n) is 15.5. The van der Waals surface area contributed by atoms with Gasteiger partial charge in [0.25, 0.3) is 11.1 Å². The van der Waals surface area contributed by atoms with Crippen LogP contribution in [0.25, 0.3) is 32.6 Å². The number of hydrogen-bond donors (Lipinski definition) is 1. The van der Waals surface area contributed by atoms with Crippen molar-refractivity contribution in [2.45, 2.75) is 5.22 Å². The number of rotatable bonds is 5. The molecular weight excluding hydrogens is 504 g/mol. The van der Waals surface area contributed by atoms with Crippen LogP contribution in [-0.2, 0) is 4.79 Å². The Morgan fingerprint density at radius 3 is 2.90 bits per heavy atom. The van der Waals surface area contributed by atoms with Crippen LogP contribution in [0.4, 0.5) is 5.13 Å². The molecule has 0 saturated carbocycles. The molecule has 11 heteroatoms. The number of fused-ring (bicyclic) bond motifs is 2. The molecule has 0 aliphatic rings. The number of thioether (sulfide) groups is 1. The molecule has 0 aliphatic carbocycles. The van der Waals surface area contributed by atoms with E-state index in [1.54, 1.807) is 18.2 Å². The van der Waals surface area contributed by atoms with Gasteiger partial charge in [-0.3, -0.25) is 4.79 Å². The van der Waals surface area contributed by atoms with Gasteiger partial charge in [0.15, 0.2) is 5.13 Å². The molecule has 1 N–H and O–H groups in total. The van der Waals surface area contributed by atoms with E-state index in [2.05, 4.69) is 36.4 Å². The SMILES string of the molecule is O=C(CSc1nnc(-c2cc3ccccc3oc2=O)o1)Nc1nc2ccc(Br)cc2s1. The first-order valence-electron chi connectivity index (χ1n) is 8.91. The third kappa shape index (κ3) is 4.24. The van der Waals surface area contributed by atoms with E-state index in [1.165, 1.54) is 11.3 Å². The summed E-state index contributed by atoms with van der Waals surface area (Å²) in [4.78, 5) is 28.9. The van der Waals surface area contributed by atoms with E-state index in [-0.39, 0.29) is 28.3 Å². The second-order valence-corrected chi connectivity index (χ2v) is 9.20. The molecule has 0 saturated heterocycles. The zero-order valence-corrected chi connectivity index (χ0v) is 18.7. The molecule has 2 aromatic carbocycles. The van der Waals surface area contributed by atoms with E-state index in [9.17, 15) is 9.59 Å². The highest BCUT2D eigenvalue weighted by Crippen LogP contribution is 2.29. The Bertz CT molecular complexity index is 1490. The molecule has 3 heterocycles. The number of nitrogens with one attached hydrogen (secondary N) is 1. The van der Waals surface area contributed by atoms with Crippen molar-refractivity contribution in [3.8, 4) is 11.5 Å². The lowest BCUT2D eigenvalue weighted by atomic mass is 10.2. The van der Waals surface area contributed by atoms with Gasteiger partial charge in [-0.25, -0.2) is 9.78 Å². The summed E-state index contributed by atoms with van der Waals surface area (Å²) in [5.41, 5.74) is 0.887. The minimum atomic E-state index is -0.570. The zero-order chi connectivity index (χ0) is 21.4. The molecule has 0 bridgehead atoms. The Hall–Kier alpha value is -3.02. The van der Waals surface area contributed by atoms with Crippen LogP contribution < -0.4 is 10.9 Å². The predicted octanol–water partition coefficient (Wildman–Crippen LogP) is 4.95. The van der Waals surface area contributed by atoms with Crippen LogP contribution in [0, 0.1) is 0 Å². The van der Waals surface area contributed by atoms with Crippen molar-refractivity contribution in [1.82, 2.24) is 15.2 Å². The van der Waals surface area contributed by atoms with Crippen molar-refractivity contribution in [1.29, 1.82) is 0 Å². The predicted molar refractivity (Wildman–Crippen MR) is 122 cm³/mol. The fourth-order valence-corrected chi connectivity index (χ4v) is 4.82. The van der Waals surface area contributed by atoms with Crippen molar-refractivity contribution in [2.75, 3.05) is 11.1 Å². The normalized spacial score (nSPS) is 11.3. The van der Waals surface area contributed by atoms with Crippen molar-refractivity contribution >= 4 is 71.3 Å². The van der Waals surface area contributed by atoms with Crippen LogP contribution in [0.15, 0.2) is 71.9 Å². The van der Waals surface area contributed by atoms with Gasteiger partial charge in [0, 0.05) is 9.86 Å². The van der Waals surface area contributed by atoms with Gasteiger partial charge in [-0.1, -0.05) is 57.2 Å². The number of anilines is 1. The lowest BCUT2D eigenvalue weighted by Gasteiger charge is -1.99. The fourth-order valence-electron chi connectivity index (χ4n) is 2.82. The summed E-state index contributed by atoms with van der Waals surface area (Å²) in [5.74, 6) is -0.166. The third-order valence-corrected chi connectivity index (χ3v) is 6.45. The van der Waals surface area contributed by atoms with Gasteiger partial charge in [0.2, 0.25) is 5.91 Å². The van der Waals surface area contributed by atoms with Gasteiger partial charge in [-0.05, 0) is 30.3 Å². The molecule has 154 valence electrons. The van der Waals surface area contributed by atoms with Crippen molar-refractivity contribution in [3.63, 3.8) is 0 Å². The largest absolute Gasteiger partial charge is 0.422 e. The minimum absolute atomic E-state index is 0.0409. The third-order valence-electron chi connectivity index (χ3n) is 4.20. The van der Waals surface area contributed by atoms with Crippen LogP contribution in [-0.4, -0.2) is 26.8 Å². The summed E-state index contributed by atoms with van der Waals surface area (Å²) in [7, 11) is 0. The maximum Gasteiger partial charge on any atom is 0.349 e. The van der Waals surface area contributed by atoms with Gasteiger partial charge in [0.05, 0.1) is 16.0 Å². The average molecular weight is 515 g/mol. The van der Waals surface area contributed by atoms with Crippen molar-refractivity contribution in [2.24, 2.45) is 0 Å². The summed E-state index contributed by atoms with van der Waals surface area (Å²) >= 11 is 5.87. The number of thiazole rings is 1. The first kappa shape index (κ1) is 19.9. The highest BCUT2D eigenvalue weighted by Gasteiger charge is 2.16. The van der Waals surface area contributed by atoms with E-state index >= 15 is 0 Å². The average Bonchev–Trinajstić information content (AvgIpc) is 3.38. The number of hydrogen-bond acceptors (Lipinski definition) is 9. The van der Waals surface area contributed by atoms with Gasteiger partial charge in [0.1, 0.15) is 11.1 Å². The minimum Gasteiger partial charge on any atom is -0.422 e. The lowest BCUT2D eigenvalue weighted by Crippen LogP contribution is -2.13. The number of para-hydroxylation sites is 1. The second kappa shape index (κ2) is 8.25. The Kier molecular flexibility index (Phi) is 5.30. The number of aromatic nitrogens is 3. The topological polar surface area (TPSA) is 111 Å². The Labute approximate surface area is 190 Å². The van der Waals surface area contributed by atoms with E-state index in [1.807, 2.05) is 30.3 Å². The molecule has 31 heavy (non-hydrogen) atoms. The van der Waals surface area contributed by atoms with E-state index < -0.39 is 5.63 Å². The molecule has 0 radical (unpaired) electrons. The van der Waals surface area contributed by atoms with Gasteiger partial charge < -0.3 is 14.2 Å². The monoisotopic (exact) mass is 514 g/mol. The highest BCUT2D eigenvalue weighted by molar-refractivity contribution is 9.10. The maximum atomic E-state index is 12.3. The van der Waals surface area contributed by atoms with Crippen LogP contribution in [0.3, 0.4) is 0 Å². The first-order valence-corrected chi connectivity index (χ1v) is 11.5. The number of benzene rings is 2. The van der Waals surface area contributed by atoms with E-state index in [0.29, 0.717) is 10.7 Å². The van der Waals surface area contributed by atoms with E-state index in [4.69, 9.17) is 8.83 Å². The molecule has 0 fully saturated rings. The number of nitrogens with zero attached hydrogens (tertiary/aromatic N) is 3. The molecule has 5 aromatic rings. The highest BCUT2D eigenvalue weighted by atomic mass is 79.9.